The smallest absolute Gasteiger partial charge is 0.307 e. The van der Waals surface area contributed by atoms with E-state index in [1.165, 1.54) is 0 Å². The summed E-state index contributed by atoms with van der Waals surface area (Å²) in [5.41, 5.74) is -0.240. The number of carboxylic acids is 1. The van der Waals surface area contributed by atoms with Gasteiger partial charge in [0.05, 0.1) is 18.1 Å². The van der Waals surface area contributed by atoms with Crippen LogP contribution in [0.2, 0.25) is 0 Å². The highest BCUT2D eigenvalue weighted by Gasteiger charge is 2.64. The monoisotopic (exact) mass is 336 g/mol. The molecule has 4 saturated carbocycles. The van der Waals surface area contributed by atoms with Crippen molar-refractivity contribution in [3.05, 3.63) is 0 Å². The maximum atomic E-state index is 11.8. The summed E-state index contributed by atoms with van der Waals surface area (Å²) in [4.78, 5) is 11.8. The maximum absolute atomic E-state index is 11.8. The molecule has 4 nitrogen and oxygen atoms in total. The zero-order valence-electron chi connectivity index (χ0n) is 14.9. The Balaban J connectivity index is 1.66. The second-order valence-electron chi connectivity index (χ2n) is 9.67. The van der Waals surface area contributed by atoms with Crippen LogP contribution in [0, 0.1) is 40.4 Å². The summed E-state index contributed by atoms with van der Waals surface area (Å²) in [6, 6.07) is 0. The van der Waals surface area contributed by atoms with Crippen LogP contribution >= 0.6 is 0 Å². The molecule has 0 aliphatic heterocycles. The third-order valence-electron chi connectivity index (χ3n) is 9.04. The number of aliphatic carboxylic acids is 1. The molecule has 0 saturated heterocycles. The molecule has 0 aromatic heterocycles. The molecule has 24 heavy (non-hydrogen) atoms. The van der Waals surface area contributed by atoms with Gasteiger partial charge in [-0.05, 0) is 80.5 Å². The Labute approximate surface area is 144 Å². The molecule has 4 aliphatic carbocycles. The standard InChI is InChI=1S/C20H32O4/c1-19-8-7-12(21)9-11(19)3-4-13-14-5-6-15(18(23)24)20(14,2)17(22)10-16(13)19/h11-17,21-22H,3-10H2,1-2H3,(H,23,24)/t11-,12+,13?,14?,15?,16?,17?,19?,20?/m0/s1. The molecule has 7 unspecified atom stereocenters. The molecule has 3 N–H and O–H groups in total. The number of aliphatic hydroxyl groups excluding tert-OH is 2. The van der Waals surface area contributed by atoms with Crippen LogP contribution < -0.4 is 0 Å². The van der Waals surface area contributed by atoms with Crippen molar-refractivity contribution in [1.82, 2.24) is 0 Å². The van der Waals surface area contributed by atoms with Crippen LogP contribution in [0.3, 0.4) is 0 Å². The molecular formula is C20H32O4. The van der Waals surface area contributed by atoms with Crippen LogP contribution in [0.1, 0.15) is 65.2 Å². The van der Waals surface area contributed by atoms with Gasteiger partial charge in [0, 0.05) is 5.41 Å². The molecule has 4 fully saturated rings. The predicted octanol–water partition coefficient (Wildman–Crippen LogP) is 3.06. The first-order valence-electron chi connectivity index (χ1n) is 9.87. The van der Waals surface area contributed by atoms with E-state index in [2.05, 4.69) is 6.92 Å². The largest absolute Gasteiger partial charge is 0.481 e. The van der Waals surface area contributed by atoms with Gasteiger partial charge in [0.15, 0.2) is 0 Å². The lowest BCUT2D eigenvalue weighted by Crippen LogP contribution is -2.59. The van der Waals surface area contributed by atoms with Gasteiger partial charge in [-0.2, -0.15) is 0 Å². The number of carboxylic acid groups (broad SMARTS) is 1. The fourth-order valence-electron chi connectivity index (χ4n) is 7.61. The Kier molecular flexibility index (Phi) is 3.82. The average Bonchev–Trinajstić information content (AvgIpc) is 2.88. The highest BCUT2D eigenvalue weighted by atomic mass is 16.4. The molecule has 0 heterocycles. The first-order valence-corrected chi connectivity index (χ1v) is 9.87. The van der Waals surface area contributed by atoms with E-state index in [0.717, 1.165) is 51.4 Å². The molecule has 0 radical (unpaired) electrons. The minimum atomic E-state index is -0.724. The molecule has 136 valence electrons. The number of hydrogen-bond donors (Lipinski definition) is 3. The van der Waals surface area contributed by atoms with Crippen LogP contribution in [0.15, 0.2) is 0 Å². The molecule has 9 atom stereocenters. The minimum Gasteiger partial charge on any atom is -0.481 e. The summed E-state index contributed by atoms with van der Waals surface area (Å²) in [5, 5.41) is 30.8. The predicted molar refractivity (Wildman–Crippen MR) is 90.2 cm³/mol. The van der Waals surface area contributed by atoms with Gasteiger partial charge in [-0.15, -0.1) is 0 Å². The van der Waals surface area contributed by atoms with E-state index >= 15 is 0 Å². The lowest BCUT2D eigenvalue weighted by atomic mass is 9.44. The lowest BCUT2D eigenvalue weighted by molar-refractivity contribution is -0.180. The molecule has 0 aromatic rings. The van der Waals surface area contributed by atoms with Crippen molar-refractivity contribution >= 4 is 5.97 Å². The van der Waals surface area contributed by atoms with Crippen LogP contribution in [0.5, 0.6) is 0 Å². The number of rotatable bonds is 1. The van der Waals surface area contributed by atoms with E-state index < -0.39 is 23.4 Å². The zero-order valence-corrected chi connectivity index (χ0v) is 14.9. The van der Waals surface area contributed by atoms with Crippen LogP contribution in [0.4, 0.5) is 0 Å². The summed E-state index contributed by atoms with van der Waals surface area (Å²) in [6.45, 7) is 4.43. The van der Waals surface area contributed by atoms with Crippen molar-refractivity contribution in [1.29, 1.82) is 0 Å². The first-order chi connectivity index (χ1) is 11.3. The van der Waals surface area contributed by atoms with Crippen molar-refractivity contribution in [2.75, 3.05) is 0 Å². The van der Waals surface area contributed by atoms with E-state index in [1.807, 2.05) is 6.92 Å². The molecule has 0 amide bonds. The van der Waals surface area contributed by atoms with Gasteiger partial charge < -0.3 is 15.3 Å². The van der Waals surface area contributed by atoms with E-state index in [9.17, 15) is 20.1 Å². The summed E-state index contributed by atoms with van der Waals surface area (Å²) < 4.78 is 0. The Morgan fingerprint density at radius 3 is 2.42 bits per heavy atom. The second-order valence-corrected chi connectivity index (χ2v) is 9.67. The number of aliphatic hydroxyl groups is 2. The summed E-state index contributed by atoms with van der Waals surface area (Å²) in [7, 11) is 0. The summed E-state index contributed by atoms with van der Waals surface area (Å²) in [6.07, 6.45) is 6.93. The first kappa shape index (κ1) is 16.8. The Morgan fingerprint density at radius 1 is 0.958 bits per heavy atom. The Hall–Kier alpha value is -0.610. The molecule has 0 aromatic carbocycles. The fourth-order valence-corrected chi connectivity index (χ4v) is 7.61. The SMILES string of the molecule is CC12C(O)CC3C(CC[C@H]4C[C@H](O)CCC34C)C1CCC2C(=O)O. The number of hydrogen-bond acceptors (Lipinski definition) is 3. The highest BCUT2D eigenvalue weighted by molar-refractivity contribution is 5.71. The van der Waals surface area contributed by atoms with E-state index in [4.69, 9.17) is 0 Å². The number of carbonyl (C=O) groups is 1. The topological polar surface area (TPSA) is 77.8 Å². The number of fused-ring (bicyclic) bond motifs is 5. The quantitative estimate of drug-likeness (QED) is 0.688. The van der Waals surface area contributed by atoms with Crippen LogP contribution in [0.25, 0.3) is 0 Å². The van der Waals surface area contributed by atoms with Crippen molar-refractivity contribution in [3.63, 3.8) is 0 Å². The van der Waals surface area contributed by atoms with Gasteiger partial charge in [-0.1, -0.05) is 13.8 Å². The highest BCUT2D eigenvalue weighted by Crippen LogP contribution is 2.67. The normalized spacial score (nSPS) is 56.9. The average molecular weight is 336 g/mol. The molecular weight excluding hydrogens is 304 g/mol. The molecule has 4 rings (SSSR count). The van der Waals surface area contributed by atoms with Gasteiger partial charge >= 0.3 is 5.97 Å². The summed E-state index contributed by atoms with van der Waals surface area (Å²) >= 11 is 0. The Bertz CT molecular complexity index is 534. The second kappa shape index (κ2) is 5.44. The van der Waals surface area contributed by atoms with Gasteiger partial charge in [0.25, 0.3) is 0 Å². The van der Waals surface area contributed by atoms with Crippen molar-refractivity contribution < 1.29 is 20.1 Å². The molecule has 0 bridgehead atoms. The van der Waals surface area contributed by atoms with Gasteiger partial charge in [-0.3, -0.25) is 4.79 Å². The van der Waals surface area contributed by atoms with Gasteiger partial charge in [0.2, 0.25) is 0 Å². The van der Waals surface area contributed by atoms with Crippen molar-refractivity contribution in [2.24, 2.45) is 40.4 Å². The fraction of sp³-hybridized carbons (Fsp3) is 0.950. The molecule has 4 heteroatoms. The molecule has 4 aliphatic rings. The minimum absolute atomic E-state index is 0.152. The third kappa shape index (κ3) is 2.08. The van der Waals surface area contributed by atoms with Crippen LogP contribution in [-0.2, 0) is 4.79 Å². The van der Waals surface area contributed by atoms with Gasteiger partial charge in [0.1, 0.15) is 0 Å². The van der Waals surface area contributed by atoms with Crippen molar-refractivity contribution in [2.45, 2.75) is 77.4 Å². The van der Waals surface area contributed by atoms with Crippen molar-refractivity contribution in [3.8, 4) is 0 Å². The summed E-state index contributed by atoms with van der Waals surface area (Å²) in [5.74, 6) is 0.840. The van der Waals surface area contributed by atoms with E-state index in [0.29, 0.717) is 23.7 Å². The maximum Gasteiger partial charge on any atom is 0.307 e. The lowest BCUT2D eigenvalue weighted by Gasteiger charge is -2.61. The Morgan fingerprint density at radius 2 is 1.71 bits per heavy atom. The van der Waals surface area contributed by atoms with Gasteiger partial charge in [-0.25, -0.2) is 0 Å². The van der Waals surface area contributed by atoms with Crippen LogP contribution in [-0.4, -0.2) is 33.5 Å². The zero-order chi connectivity index (χ0) is 17.3. The molecule has 0 spiro atoms. The van der Waals surface area contributed by atoms with E-state index in [-0.39, 0.29) is 11.5 Å². The van der Waals surface area contributed by atoms with E-state index in [1.54, 1.807) is 0 Å². The third-order valence-corrected chi connectivity index (χ3v) is 9.04.